The molecule has 0 amide bonds. The number of rotatable bonds is 8. The lowest BCUT2D eigenvalue weighted by molar-refractivity contribution is 0.576. The van der Waals surface area contributed by atoms with E-state index in [0.29, 0.717) is 18.5 Å². The van der Waals surface area contributed by atoms with E-state index < -0.39 is 10.0 Å². The monoisotopic (exact) mass is 294 g/mol. The number of benzene rings is 1. The zero-order chi connectivity index (χ0) is 14.0. The second-order valence-electron chi connectivity index (χ2n) is 6.03. The van der Waals surface area contributed by atoms with Crippen molar-refractivity contribution in [1.29, 1.82) is 0 Å². The van der Waals surface area contributed by atoms with Crippen LogP contribution in [-0.4, -0.2) is 21.0 Å². The molecule has 1 aromatic rings. The average molecular weight is 294 g/mol. The van der Waals surface area contributed by atoms with E-state index in [0.717, 1.165) is 30.5 Å². The van der Waals surface area contributed by atoms with Crippen molar-refractivity contribution in [3.8, 4) is 0 Å². The van der Waals surface area contributed by atoms with Crippen LogP contribution in [0.15, 0.2) is 24.3 Å². The molecule has 4 nitrogen and oxygen atoms in total. The Hall–Kier alpha value is -0.910. The molecular formula is C15H22N2O2S. The maximum Gasteiger partial charge on any atom is 0.215 e. The minimum atomic E-state index is -3.20. The van der Waals surface area contributed by atoms with Gasteiger partial charge in [0.25, 0.3) is 0 Å². The van der Waals surface area contributed by atoms with Gasteiger partial charge in [0.1, 0.15) is 0 Å². The van der Waals surface area contributed by atoms with Crippen molar-refractivity contribution >= 4 is 10.0 Å². The molecule has 5 heteroatoms. The van der Waals surface area contributed by atoms with Crippen molar-refractivity contribution in [3.05, 3.63) is 35.4 Å². The Balaban J connectivity index is 1.55. The van der Waals surface area contributed by atoms with Crippen molar-refractivity contribution in [2.45, 2.75) is 44.0 Å². The first-order valence-corrected chi connectivity index (χ1v) is 9.04. The summed E-state index contributed by atoms with van der Waals surface area (Å²) in [5, 5.41) is 3.45. The van der Waals surface area contributed by atoms with Crippen LogP contribution in [0.1, 0.15) is 36.8 Å². The minimum Gasteiger partial charge on any atom is -0.310 e. The lowest BCUT2D eigenvalue weighted by Gasteiger charge is -2.08. The summed E-state index contributed by atoms with van der Waals surface area (Å²) in [6, 6.07) is 8.53. The normalized spacial score (nSPS) is 19.2. The van der Waals surface area contributed by atoms with Crippen LogP contribution in [0, 0.1) is 5.92 Å². The van der Waals surface area contributed by atoms with E-state index in [-0.39, 0.29) is 5.75 Å². The van der Waals surface area contributed by atoms with Gasteiger partial charge in [-0.25, -0.2) is 13.1 Å². The Morgan fingerprint density at radius 1 is 1.10 bits per heavy atom. The van der Waals surface area contributed by atoms with Gasteiger partial charge in [-0.2, -0.15) is 0 Å². The molecule has 0 aromatic heterocycles. The molecule has 20 heavy (non-hydrogen) atoms. The molecule has 0 unspecified atom stereocenters. The molecule has 2 aliphatic carbocycles. The maximum atomic E-state index is 12.0. The summed E-state index contributed by atoms with van der Waals surface area (Å²) in [6.45, 7) is 1.43. The van der Waals surface area contributed by atoms with E-state index in [1.54, 1.807) is 0 Å². The molecule has 110 valence electrons. The second kappa shape index (κ2) is 5.84. The molecule has 0 spiro atoms. The highest BCUT2D eigenvalue weighted by atomic mass is 32.2. The molecular weight excluding hydrogens is 272 g/mol. The summed E-state index contributed by atoms with van der Waals surface area (Å²) in [5.74, 6) is 0.649. The van der Waals surface area contributed by atoms with Gasteiger partial charge in [-0.1, -0.05) is 24.3 Å². The van der Waals surface area contributed by atoms with Gasteiger partial charge in [-0.15, -0.1) is 0 Å². The molecule has 0 bridgehead atoms. The van der Waals surface area contributed by atoms with Gasteiger partial charge >= 0.3 is 0 Å². The van der Waals surface area contributed by atoms with Crippen LogP contribution in [0.3, 0.4) is 0 Å². The van der Waals surface area contributed by atoms with Gasteiger partial charge in [0.05, 0.1) is 5.75 Å². The third-order valence-electron chi connectivity index (χ3n) is 3.81. The van der Waals surface area contributed by atoms with Crippen LogP contribution in [0.4, 0.5) is 0 Å². The molecule has 3 rings (SSSR count). The predicted molar refractivity (Wildman–Crippen MR) is 79.7 cm³/mol. The minimum absolute atomic E-state index is 0.0803. The first-order chi connectivity index (χ1) is 9.61. The fraction of sp³-hybridized carbons (Fsp3) is 0.600. The van der Waals surface area contributed by atoms with E-state index in [1.165, 1.54) is 12.8 Å². The summed E-state index contributed by atoms with van der Waals surface area (Å²) < 4.78 is 26.7. The summed E-state index contributed by atoms with van der Waals surface area (Å²) in [7, 11) is -3.20. The SMILES string of the molecule is O=S(=O)(Cc1cccc(CNC2CC2)c1)NCC1CC1. The lowest BCUT2D eigenvalue weighted by Crippen LogP contribution is -2.27. The number of nitrogens with one attached hydrogen (secondary N) is 2. The fourth-order valence-corrected chi connectivity index (χ4v) is 3.43. The summed E-state index contributed by atoms with van der Waals surface area (Å²) in [4.78, 5) is 0. The Kier molecular flexibility index (Phi) is 4.10. The lowest BCUT2D eigenvalue weighted by atomic mass is 10.1. The molecule has 2 aliphatic rings. The fourth-order valence-electron chi connectivity index (χ4n) is 2.22. The zero-order valence-electron chi connectivity index (χ0n) is 11.6. The van der Waals surface area contributed by atoms with Gasteiger partial charge in [0, 0.05) is 19.1 Å². The van der Waals surface area contributed by atoms with Crippen molar-refractivity contribution < 1.29 is 8.42 Å². The Labute approximate surface area is 121 Å². The number of sulfonamides is 1. The van der Waals surface area contributed by atoms with E-state index in [1.807, 2.05) is 24.3 Å². The Morgan fingerprint density at radius 3 is 2.55 bits per heavy atom. The molecule has 2 fully saturated rings. The first-order valence-electron chi connectivity index (χ1n) is 7.39. The Morgan fingerprint density at radius 2 is 1.85 bits per heavy atom. The smallest absolute Gasteiger partial charge is 0.215 e. The Bertz CT molecular complexity index is 563. The van der Waals surface area contributed by atoms with Crippen LogP contribution in [-0.2, 0) is 22.3 Å². The largest absolute Gasteiger partial charge is 0.310 e. The van der Waals surface area contributed by atoms with E-state index >= 15 is 0 Å². The van der Waals surface area contributed by atoms with Crippen molar-refractivity contribution in [3.63, 3.8) is 0 Å². The summed E-state index contributed by atoms with van der Waals surface area (Å²) >= 11 is 0. The van der Waals surface area contributed by atoms with E-state index in [2.05, 4.69) is 10.0 Å². The van der Waals surface area contributed by atoms with Crippen LogP contribution in [0.2, 0.25) is 0 Å². The van der Waals surface area contributed by atoms with Gasteiger partial charge in [0.15, 0.2) is 0 Å². The summed E-state index contributed by atoms with van der Waals surface area (Å²) in [5.41, 5.74) is 2.02. The van der Waals surface area contributed by atoms with Crippen LogP contribution in [0.5, 0.6) is 0 Å². The average Bonchev–Trinajstić information content (AvgIpc) is 3.27. The van der Waals surface area contributed by atoms with Crippen molar-refractivity contribution in [2.75, 3.05) is 6.54 Å². The van der Waals surface area contributed by atoms with Crippen molar-refractivity contribution in [1.82, 2.24) is 10.0 Å². The van der Waals surface area contributed by atoms with Crippen LogP contribution < -0.4 is 10.0 Å². The molecule has 0 aliphatic heterocycles. The third kappa shape index (κ3) is 4.58. The predicted octanol–water partition coefficient (Wildman–Crippen LogP) is 1.77. The number of hydrogen-bond acceptors (Lipinski definition) is 3. The van der Waals surface area contributed by atoms with Gasteiger partial charge in [0.2, 0.25) is 10.0 Å². The molecule has 1 aromatic carbocycles. The number of hydrogen-bond donors (Lipinski definition) is 2. The van der Waals surface area contributed by atoms with Gasteiger partial charge < -0.3 is 5.32 Å². The molecule has 0 radical (unpaired) electrons. The molecule has 0 atom stereocenters. The van der Waals surface area contributed by atoms with Crippen molar-refractivity contribution in [2.24, 2.45) is 5.92 Å². The highest BCUT2D eigenvalue weighted by Crippen LogP contribution is 2.27. The molecule has 2 saturated carbocycles. The quantitative estimate of drug-likeness (QED) is 0.768. The van der Waals surface area contributed by atoms with Crippen LogP contribution >= 0.6 is 0 Å². The third-order valence-corrected chi connectivity index (χ3v) is 5.13. The topological polar surface area (TPSA) is 58.2 Å². The standard InChI is InChI=1S/C15H22N2O2S/c18-20(19,17-10-12-4-5-12)11-14-3-1-2-13(8-14)9-16-15-6-7-15/h1-3,8,12,15-17H,4-7,9-11H2. The molecule has 0 saturated heterocycles. The van der Waals surface area contributed by atoms with Gasteiger partial charge in [-0.05, 0) is 42.7 Å². The van der Waals surface area contributed by atoms with Gasteiger partial charge in [-0.3, -0.25) is 0 Å². The second-order valence-corrected chi connectivity index (χ2v) is 7.83. The summed E-state index contributed by atoms with van der Waals surface area (Å²) in [6.07, 6.45) is 4.84. The highest BCUT2D eigenvalue weighted by Gasteiger charge is 2.23. The van der Waals surface area contributed by atoms with Crippen LogP contribution in [0.25, 0.3) is 0 Å². The van der Waals surface area contributed by atoms with E-state index in [9.17, 15) is 8.42 Å². The zero-order valence-corrected chi connectivity index (χ0v) is 12.5. The van der Waals surface area contributed by atoms with E-state index in [4.69, 9.17) is 0 Å². The molecule has 2 N–H and O–H groups in total. The first kappa shape index (κ1) is 14.0. The maximum absolute atomic E-state index is 12.0. The highest BCUT2D eigenvalue weighted by molar-refractivity contribution is 7.88. The molecule has 0 heterocycles.